The number of rotatable bonds is 9. The van der Waals surface area contributed by atoms with Crippen LogP contribution in [0.15, 0.2) is 24.3 Å². The molecule has 1 heterocycles. The largest absolute Gasteiger partial charge is 0.493 e. The Labute approximate surface area is 158 Å². The lowest BCUT2D eigenvalue weighted by atomic mass is 10.3. The van der Waals surface area contributed by atoms with Gasteiger partial charge in [-0.05, 0) is 26.0 Å². The summed E-state index contributed by atoms with van der Waals surface area (Å²) in [5.41, 5.74) is 1.47. The average molecular weight is 374 g/mol. The highest BCUT2D eigenvalue weighted by atomic mass is 16.5. The number of anilines is 3. The first-order valence-electron chi connectivity index (χ1n) is 8.66. The van der Waals surface area contributed by atoms with Crippen LogP contribution in [0.2, 0.25) is 0 Å². The second-order valence-corrected chi connectivity index (χ2v) is 5.63. The Morgan fingerprint density at radius 1 is 1.04 bits per heavy atom. The summed E-state index contributed by atoms with van der Waals surface area (Å²) >= 11 is 0. The predicted molar refractivity (Wildman–Crippen MR) is 106 cm³/mol. The van der Waals surface area contributed by atoms with Gasteiger partial charge in [-0.3, -0.25) is 0 Å². The number of aromatic nitrogens is 2. The van der Waals surface area contributed by atoms with Crippen molar-refractivity contribution in [1.29, 1.82) is 0 Å². The van der Waals surface area contributed by atoms with Gasteiger partial charge in [0.15, 0.2) is 11.5 Å². The number of methoxy groups -OCH3 is 2. The maximum absolute atomic E-state index is 12.0. The monoisotopic (exact) mass is 374 g/mol. The molecule has 2 aromatic rings. The minimum Gasteiger partial charge on any atom is -0.493 e. The van der Waals surface area contributed by atoms with Crippen molar-refractivity contribution < 1.29 is 14.3 Å². The summed E-state index contributed by atoms with van der Waals surface area (Å²) in [6.45, 7) is 5.60. The highest BCUT2D eigenvalue weighted by molar-refractivity contribution is 5.89. The number of amides is 2. The molecule has 0 atom stereocenters. The van der Waals surface area contributed by atoms with Crippen LogP contribution in [0.3, 0.4) is 0 Å². The van der Waals surface area contributed by atoms with Crippen molar-refractivity contribution in [2.45, 2.75) is 13.8 Å². The zero-order chi connectivity index (χ0) is 19.6. The molecule has 1 aromatic carbocycles. The minimum absolute atomic E-state index is 0.309. The fraction of sp³-hybridized carbons (Fsp3) is 0.389. The summed E-state index contributed by atoms with van der Waals surface area (Å²) in [5.74, 6) is 2.44. The minimum atomic E-state index is -0.309. The number of aryl methyl sites for hydroxylation is 1. The quantitative estimate of drug-likeness (QED) is 0.499. The number of hydrogen-bond donors (Lipinski definition) is 4. The molecular formula is C18H26N6O3. The highest BCUT2D eigenvalue weighted by Gasteiger charge is 2.07. The number of nitrogens with zero attached hydrogens (tertiary/aromatic N) is 2. The lowest BCUT2D eigenvalue weighted by Gasteiger charge is -2.12. The molecule has 0 fully saturated rings. The molecule has 0 spiro atoms. The number of benzene rings is 1. The summed E-state index contributed by atoms with van der Waals surface area (Å²) < 4.78 is 10.4. The topological polar surface area (TPSA) is 109 Å². The van der Waals surface area contributed by atoms with E-state index in [1.165, 1.54) is 0 Å². The molecule has 2 amide bonds. The van der Waals surface area contributed by atoms with Crippen molar-refractivity contribution >= 4 is 23.5 Å². The van der Waals surface area contributed by atoms with E-state index in [0.29, 0.717) is 42.0 Å². The molecule has 0 aliphatic carbocycles. The van der Waals surface area contributed by atoms with Gasteiger partial charge >= 0.3 is 6.03 Å². The highest BCUT2D eigenvalue weighted by Crippen LogP contribution is 2.29. The van der Waals surface area contributed by atoms with E-state index in [9.17, 15) is 4.79 Å². The summed E-state index contributed by atoms with van der Waals surface area (Å²) in [6.07, 6.45) is 0. The zero-order valence-corrected chi connectivity index (χ0v) is 16.0. The van der Waals surface area contributed by atoms with Crippen molar-refractivity contribution in [3.8, 4) is 11.5 Å². The van der Waals surface area contributed by atoms with Crippen molar-refractivity contribution in [3.05, 3.63) is 30.0 Å². The molecule has 0 unspecified atom stereocenters. The molecule has 0 saturated heterocycles. The molecule has 146 valence electrons. The van der Waals surface area contributed by atoms with E-state index in [1.54, 1.807) is 32.4 Å². The zero-order valence-electron chi connectivity index (χ0n) is 16.0. The van der Waals surface area contributed by atoms with Crippen molar-refractivity contribution in [1.82, 2.24) is 15.3 Å². The van der Waals surface area contributed by atoms with Crippen LogP contribution >= 0.6 is 0 Å². The van der Waals surface area contributed by atoms with Gasteiger partial charge in [0.1, 0.15) is 5.82 Å². The second kappa shape index (κ2) is 10.0. The van der Waals surface area contributed by atoms with Gasteiger partial charge in [-0.1, -0.05) is 0 Å². The maximum Gasteiger partial charge on any atom is 0.319 e. The van der Waals surface area contributed by atoms with Gasteiger partial charge in [0.25, 0.3) is 0 Å². The third-order valence-corrected chi connectivity index (χ3v) is 3.55. The van der Waals surface area contributed by atoms with Crippen molar-refractivity contribution in [3.63, 3.8) is 0 Å². The number of carbonyl (C=O) groups excluding carboxylic acids is 1. The smallest absolute Gasteiger partial charge is 0.319 e. The molecule has 2 rings (SSSR count). The van der Waals surface area contributed by atoms with E-state index in [-0.39, 0.29) is 6.03 Å². The Kier molecular flexibility index (Phi) is 7.48. The molecule has 1 aromatic heterocycles. The van der Waals surface area contributed by atoms with Crippen LogP contribution in [0.5, 0.6) is 11.5 Å². The third kappa shape index (κ3) is 6.21. The van der Waals surface area contributed by atoms with Crippen LogP contribution < -0.4 is 30.7 Å². The summed E-state index contributed by atoms with van der Waals surface area (Å²) in [6, 6.07) is 6.71. The van der Waals surface area contributed by atoms with Gasteiger partial charge in [0.2, 0.25) is 5.95 Å². The number of hydrogen-bond acceptors (Lipinski definition) is 7. The van der Waals surface area contributed by atoms with E-state index in [1.807, 2.05) is 19.9 Å². The lowest BCUT2D eigenvalue weighted by Crippen LogP contribution is -2.32. The number of ether oxygens (including phenoxy) is 2. The van der Waals surface area contributed by atoms with E-state index < -0.39 is 0 Å². The maximum atomic E-state index is 12.0. The number of nitrogens with one attached hydrogen (secondary N) is 4. The van der Waals surface area contributed by atoms with E-state index in [4.69, 9.17) is 9.47 Å². The van der Waals surface area contributed by atoms with Gasteiger partial charge in [0.05, 0.1) is 14.2 Å². The Balaban J connectivity index is 1.79. The Morgan fingerprint density at radius 3 is 2.52 bits per heavy atom. The molecule has 0 radical (unpaired) electrons. The van der Waals surface area contributed by atoms with E-state index in [0.717, 1.165) is 12.2 Å². The van der Waals surface area contributed by atoms with Crippen molar-refractivity contribution in [2.75, 3.05) is 49.8 Å². The Bertz CT molecular complexity index is 769. The van der Waals surface area contributed by atoms with Crippen LogP contribution in [0.1, 0.15) is 12.6 Å². The van der Waals surface area contributed by atoms with Crippen LogP contribution in [0.4, 0.5) is 22.2 Å². The first-order valence-corrected chi connectivity index (χ1v) is 8.66. The fourth-order valence-electron chi connectivity index (χ4n) is 2.35. The van der Waals surface area contributed by atoms with E-state index >= 15 is 0 Å². The summed E-state index contributed by atoms with van der Waals surface area (Å²) in [7, 11) is 3.11. The Hall–Kier alpha value is -3.23. The third-order valence-electron chi connectivity index (χ3n) is 3.55. The fourth-order valence-corrected chi connectivity index (χ4v) is 2.35. The first-order chi connectivity index (χ1) is 13.0. The molecule has 0 bridgehead atoms. The predicted octanol–water partition coefficient (Wildman–Crippen LogP) is 2.47. The molecule has 9 nitrogen and oxygen atoms in total. The number of carbonyl (C=O) groups is 1. The van der Waals surface area contributed by atoms with Gasteiger partial charge in [-0.2, -0.15) is 4.98 Å². The van der Waals surface area contributed by atoms with Crippen LogP contribution in [-0.2, 0) is 0 Å². The van der Waals surface area contributed by atoms with Crippen LogP contribution in [-0.4, -0.2) is 49.9 Å². The molecule has 27 heavy (non-hydrogen) atoms. The van der Waals surface area contributed by atoms with Crippen LogP contribution in [0.25, 0.3) is 0 Å². The molecule has 0 saturated carbocycles. The van der Waals surface area contributed by atoms with Gasteiger partial charge in [-0.25, -0.2) is 9.78 Å². The average Bonchev–Trinajstić information content (AvgIpc) is 2.65. The van der Waals surface area contributed by atoms with Crippen LogP contribution in [0, 0.1) is 6.92 Å². The second-order valence-electron chi connectivity index (χ2n) is 5.63. The summed E-state index contributed by atoms with van der Waals surface area (Å²) in [5, 5.41) is 11.8. The summed E-state index contributed by atoms with van der Waals surface area (Å²) in [4.78, 5) is 20.7. The lowest BCUT2D eigenvalue weighted by molar-refractivity contribution is 0.252. The van der Waals surface area contributed by atoms with Crippen molar-refractivity contribution in [2.24, 2.45) is 0 Å². The SMILES string of the molecule is CCNc1nc(C)cc(NCCNC(=O)Nc2ccc(OC)c(OC)c2)n1. The first kappa shape index (κ1) is 20.1. The van der Waals surface area contributed by atoms with Gasteiger partial charge < -0.3 is 30.7 Å². The normalized spacial score (nSPS) is 10.1. The Morgan fingerprint density at radius 2 is 1.81 bits per heavy atom. The standard InChI is InChI=1S/C18H26N6O3/c1-5-19-17-22-12(2)10-16(24-17)20-8-9-21-18(25)23-13-6-7-14(26-3)15(11-13)27-4/h6-7,10-11H,5,8-9H2,1-4H3,(H2,21,23,25)(H2,19,20,22,24). The molecular weight excluding hydrogens is 348 g/mol. The molecule has 4 N–H and O–H groups in total. The van der Waals surface area contributed by atoms with Gasteiger partial charge in [-0.15, -0.1) is 0 Å². The molecule has 0 aliphatic heterocycles. The van der Waals surface area contributed by atoms with E-state index in [2.05, 4.69) is 31.2 Å². The molecule has 9 heteroatoms. The van der Waals surface area contributed by atoms with Gasteiger partial charge in [0, 0.05) is 43.1 Å². The number of urea groups is 1. The molecule has 0 aliphatic rings.